The van der Waals surface area contributed by atoms with Crippen LogP contribution in [0.25, 0.3) is 5.65 Å². The van der Waals surface area contributed by atoms with Gasteiger partial charge >= 0.3 is 0 Å². The van der Waals surface area contributed by atoms with Gasteiger partial charge in [0, 0.05) is 42.7 Å². The summed E-state index contributed by atoms with van der Waals surface area (Å²) in [6.45, 7) is 1.54. The number of fused-ring (bicyclic) bond motifs is 1. The van der Waals surface area contributed by atoms with Crippen molar-refractivity contribution in [3.63, 3.8) is 0 Å². The minimum absolute atomic E-state index is 0.0189. The summed E-state index contributed by atoms with van der Waals surface area (Å²) in [7, 11) is 1.61. The Labute approximate surface area is 215 Å². The zero-order valence-electron chi connectivity index (χ0n) is 20.8. The van der Waals surface area contributed by atoms with Gasteiger partial charge in [-0.1, -0.05) is 30.3 Å². The topological polar surface area (TPSA) is 85.2 Å². The van der Waals surface area contributed by atoms with E-state index in [2.05, 4.69) is 10.3 Å². The number of pyridine rings is 1. The van der Waals surface area contributed by atoms with E-state index in [9.17, 15) is 9.59 Å². The maximum atomic E-state index is 12.9. The van der Waals surface area contributed by atoms with E-state index < -0.39 is 0 Å². The molecule has 0 saturated carbocycles. The highest BCUT2D eigenvalue weighted by molar-refractivity contribution is 5.94. The third-order valence-corrected chi connectivity index (χ3v) is 6.61. The fourth-order valence-corrected chi connectivity index (χ4v) is 4.61. The van der Waals surface area contributed by atoms with Gasteiger partial charge in [0.1, 0.15) is 23.8 Å². The molecule has 1 aliphatic rings. The van der Waals surface area contributed by atoms with Crippen LogP contribution in [0.5, 0.6) is 11.5 Å². The van der Waals surface area contributed by atoms with Crippen molar-refractivity contribution in [2.75, 3.05) is 20.2 Å². The van der Waals surface area contributed by atoms with Gasteiger partial charge in [0.2, 0.25) is 5.91 Å². The number of piperidine rings is 1. The largest absolute Gasteiger partial charge is 0.496 e. The number of methoxy groups -OCH3 is 1. The molecule has 37 heavy (non-hydrogen) atoms. The zero-order valence-corrected chi connectivity index (χ0v) is 20.8. The third-order valence-electron chi connectivity index (χ3n) is 6.61. The van der Waals surface area contributed by atoms with Gasteiger partial charge in [-0.15, -0.1) is 0 Å². The first kappa shape index (κ1) is 24.4. The van der Waals surface area contributed by atoms with Crippen LogP contribution >= 0.6 is 0 Å². The molecule has 0 bridgehead atoms. The van der Waals surface area contributed by atoms with Crippen molar-refractivity contribution in [3.8, 4) is 11.5 Å². The van der Waals surface area contributed by atoms with Crippen molar-refractivity contribution in [1.29, 1.82) is 0 Å². The summed E-state index contributed by atoms with van der Waals surface area (Å²) < 4.78 is 13.2. The molecule has 190 valence electrons. The van der Waals surface area contributed by atoms with E-state index >= 15 is 0 Å². The lowest BCUT2D eigenvalue weighted by Crippen LogP contribution is -2.47. The second-order valence-corrected chi connectivity index (χ2v) is 9.13. The minimum Gasteiger partial charge on any atom is -0.496 e. The molecule has 4 aromatic rings. The van der Waals surface area contributed by atoms with Crippen LogP contribution < -0.4 is 14.8 Å². The van der Waals surface area contributed by atoms with Crippen LogP contribution in [0.15, 0.2) is 79.1 Å². The molecule has 3 heterocycles. The average Bonchev–Trinajstić information content (AvgIpc) is 3.36. The van der Waals surface area contributed by atoms with Gasteiger partial charge in [-0.05, 0) is 49.2 Å². The SMILES string of the molecule is COc1ccccc1CC(=O)N1CCC(NC(=O)c2cccc(OCc3cn4ccccc4n3)c2)CC1. The Bertz CT molecular complexity index is 1360. The predicted molar refractivity (Wildman–Crippen MR) is 140 cm³/mol. The number of carbonyl (C=O) groups is 2. The minimum atomic E-state index is -0.142. The maximum Gasteiger partial charge on any atom is 0.251 e. The summed E-state index contributed by atoms with van der Waals surface area (Å²) in [5.41, 5.74) is 3.10. The van der Waals surface area contributed by atoms with Crippen molar-refractivity contribution < 1.29 is 19.1 Å². The van der Waals surface area contributed by atoms with Crippen LogP contribution in [0, 0.1) is 0 Å². The van der Waals surface area contributed by atoms with E-state index in [0.29, 0.717) is 50.3 Å². The highest BCUT2D eigenvalue weighted by Gasteiger charge is 2.25. The van der Waals surface area contributed by atoms with Gasteiger partial charge in [-0.2, -0.15) is 0 Å². The number of amides is 2. The fraction of sp³-hybridized carbons (Fsp3) is 0.276. The first-order valence-electron chi connectivity index (χ1n) is 12.4. The first-order valence-corrected chi connectivity index (χ1v) is 12.4. The van der Waals surface area contributed by atoms with E-state index in [1.807, 2.05) is 76.3 Å². The van der Waals surface area contributed by atoms with Crippen molar-refractivity contribution in [3.05, 3.63) is 95.9 Å². The number of benzene rings is 2. The number of hydrogen-bond donors (Lipinski definition) is 1. The van der Waals surface area contributed by atoms with Crippen LogP contribution in [-0.4, -0.2) is 52.3 Å². The lowest BCUT2D eigenvalue weighted by molar-refractivity contribution is -0.131. The van der Waals surface area contributed by atoms with Gasteiger partial charge in [0.25, 0.3) is 5.91 Å². The number of para-hydroxylation sites is 1. The molecule has 8 heteroatoms. The average molecular weight is 499 g/mol. The molecule has 1 aliphatic heterocycles. The Morgan fingerprint density at radius 3 is 2.65 bits per heavy atom. The molecule has 5 rings (SSSR count). The predicted octanol–water partition coefficient (Wildman–Crippen LogP) is 3.89. The lowest BCUT2D eigenvalue weighted by atomic mass is 10.0. The Hall–Kier alpha value is -4.33. The van der Waals surface area contributed by atoms with Crippen molar-refractivity contribution in [2.24, 2.45) is 0 Å². The molecular weight excluding hydrogens is 468 g/mol. The molecule has 1 N–H and O–H groups in total. The second kappa shape index (κ2) is 11.2. The molecule has 8 nitrogen and oxygen atoms in total. The van der Waals surface area contributed by atoms with Crippen LogP contribution in [0.3, 0.4) is 0 Å². The van der Waals surface area contributed by atoms with Gasteiger partial charge in [0.05, 0.1) is 19.2 Å². The van der Waals surface area contributed by atoms with E-state index in [-0.39, 0.29) is 17.9 Å². The van der Waals surface area contributed by atoms with E-state index in [1.165, 1.54) is 0 Å². The Morgan fingerprint density at radius 2 is 1.84 bits per heavy atom. The van der Waals surface area contributed by atoms with Crippen molar-refractivity contribution in [2.45, 2.75) is 31.9 Å². The summed E-state index contributed by atoms with van der Waals surface area (Å²) in [4.78, 5) is 32.1. The number of carbonyl (C=O) groups excluding carboxylic acids is 2. The Balaban J connectivity index is 1.11. The summed E-state index contributed by atoms with van der Waals surface area (Å²) in [6.07, 6.45) is 5.61. The molecule has 2 aromatic heterocycles. The smallest absolute Gasteiger partial charge is 0.251 e. The number of ether oxygens (including phenoxy) is 2. The van der Waals surface area contributed by atoms with Crippen LogP contribution in [0.2, 0.25) is 0 Å². The molecule has 2 aromatic carbocycles. The lowest BCUT2D eigenvalue weighted by Gasteiger charge is -2.32. The van der Waals surface area contributed by atoms with E-state index in [0.717, 1.165) is 22.7 Å². The molecule has 0 radical (unpaired) electrons. The molecule has 1 saturated heterocycles. The highest BCUT2D eigenvalue weighted by Crippen LogP contribution is 2.21. The number of nitrogens with zero attached hydrogens (tertiary/aromatic N) is 3. The Kier molecular flexibility index (Phi) is 7.35. The van der Waals surface area contributed by atoms with Gasteiger partial charge < -0.3 is 24.1 Å². The third kappa shape index (κ3) is 5.91. The Morgan fingerprint density at radius 1 is 1.03 bits per heavy atom. The molecule has 0 atom stereocenters. The number of likely N-dealkylation sites (tertiary alicyclic amines) is 1. The number of imidazole rings is 1. The first-order chi connectivity index (χ1) is 18.1. The quantitative estimate of drug-likeness (QED) is 0.399. The van der Waals surface area contributed by atoms with Crippen molar-refractivity contribution >= 4 is 17.5 Å². The number of nitrogens with one attached hydrogen (secondary N) is 1. The molecule has 0 unspecified atom stereocenters. The normalized spacial score (nSPS) is 13.9. The maximum absolute atomic E-state index is 12.9. The van der Waals surface area contributed by atoms with Gasteiger partial charge in [-0.25, -0.2) is 4.98 Å². The number of rotatable bonds is 8. The monoisotopic (exact) mass is 498 g/mol. The standard InChI is InChI=1S/C29H30N4O4/c1-36-26-10-3-2-7-21(26)18-28(34)32-15-12-23(13-16-32)31-29(35)22-8-6-9-25(17-22)37-20-24-19-33-14-5-4-11-27(33)30-24/h2-11,14,17,19,23H,12-13,15-16,18,20H2,1H3,(H,31,35). The summed E-state index contributed by atoms with van der Waals surface area (Å²) in [5.74, 6) is 1.27. The van der Waals surface area contributed by atoms with Crippen LogP contribution in [0.4, 0.5) is 0 Å². The number of hydrogen-bond acceptors (Lipinski definition) is 5. The molecular formula is C29H30N4O4. The molecule has 0 aliphatic carbocycles. The van der Waals surface area contributed by atoms with Gasteiger partial charge in [-0.3, -0.25) is 9.59 Å². The molecule has 2 amide bonds. The second-order valence-electron chi connectivity index (χ2n) is 9.13. The molecule has 0 spiro atoms. The van der Waals surface area contributed by atoms with Crippen molar-refractivity contribution in [1.82, 2.24) is 19.6 Å². The summed E-state index contributed by atoms with van der Waals surface area (Å²) >= 11 is 0. The zero-order chi connectivity index (χ0) is 25.6. The molecule has 1 fully saturated rings. The fourth-order valence-electron chi connectivity index (χ4n) is 4.61. The van der Waals surface area contributed by atoms with Gasteiger partial charge in [0.15, 0.2) is 0 Å². The number of aromatic nitrogens is 2. The van der Waals surface area contributed by atoms with E-state index in [4.69, 9.17) is 9.47 Å². The van der Waals surface area contributed by atoms with Crippen LogP contribution in [-0.2, 0) is 17.8 Å². The van der Waals surface area contributed by atoms with E-state index in [1.54, 1.807) is 19.2 Å². The summed E-state index contributed by atoms with van der Waals surface area (Å²) in [5, 5.41) is 3.11. The van der Waals surface area contributed by atoms with Crippen LogP contribution in [0.1, 0.15) is 34.5 Å². The summed E-state index contributed by atoms with van der Waals surface area (Å²) in [6, 6.07) is 20.6. The highest BCUT2D eigenvalue weighted by atomic mass is 16.5.